The molecule has 0 saturated heterocycles. The molecule has 1 heterocycles. The van der Waals surface area contributed by atoms with E-state index in [0.29, 0.717) is 30.4 Å². The average molecular weight is 412 g/mol. The summed E-state index contributed by atoms with van der Waals surface area (Å²) >= 11 is 1.26. The normalized spacial score (nSPS) is 13.2. The zero-order chi connectivity index (χ0) is 20.3. The number of halogens is 3. The third kappa shape index (κ3) is 4.83. The molecule has 2 aromatic carbocycles. The van der Waals surface area contributed by atoms with Crippen LogP contribution in [0.4, 0.5) is 24.5 Å². The summed E-state index contributed by atoms with van der Waals surface area (Å²) in [5.74, 6) is 0.911. The van der Waals surface area contributed by atoms with Gasteiger partial charge in [0.05, 0.1) is 22.7 Å². The molecule has 28 heavy (non-hydrogen) atoms. The van der Waals surface area contributed by atoms with Crippen LogP contribution >= 0.6 is 11.8 Å². The number of carbonyl (C=O) groups excluding carboxylic acids is 1. The van der Waals surface area contributed by atoms with Crippen LogP contribution in [0.3, 0.4) is 0 Å². The lowest BCUT2D eigenvalue weighted by atomic mass is 10.1. The quantitative estimate of drug-likeness (QED) is 0.744. The van der Waals surface area contributed by atoms with Gasteiger partial charge in [0.2, 0.25) is 5.91 Å². The Morgan fingerprint density at radius 1 is 1.11 bits per heavy atom. The number of rotatable bonds is 5. The molecule has 1 N–H and O–H groups in total. The lowest BCUT2D eigenvalue weighted by molar-refractivity contribution is -0.137. The van der Waals surface area contributed by atoms with Crippen LogP contribution in [0.15, 0.2) is 41.3 Å². The molecule has 5 nitrogen and oxygen atoms in total. The Labute approximate surface area is 164 Å². The Kier molecular flexibility index (Phi) is 5.93. The predicted octanol–water partition coefficient (Wildman–Crippen LogP) is 4.27. The van der Waals surface area contributed by atoms with E-state index in [1.54, 1.807) is 37.2 Å². The van der Waals surface area contributed by atoms with Crippen LogP contribution in [0, 0.1) is 0 Å². The lowest BCUT2D eigenvalue weighted by Crippen LogP contribution is -2.19. The first kappa shape index (κ1) is 20.2. The van der Waals surface area contributed by atoms with E-state index >= 15 is 0 Å². The summed E-state index contributed by atoms with van der Waals surface area (Å²) in [6.07, 6.45) is -4.48. The minimum Gasteiger partial charge on any atom is -0.486 e. The average Bonchev–Trinajstić information content (AvgIpc) is 2.65. The van der Waals surface area contributed by atoms with Crippen LogP contribution in [0.5, 0.6) is 11.5 Å². The third-order valence-corrected chi connectivity index (χ3v) is 4.96. The summed E-state index contributed by atoms with van der Waals surface area (Å²) in [6.45, 7) is 0.956. The van der Waals surface area contributed by atoms with Crippen LogP contribution in [0.1, 0.15) is 5.56 Å². The highest BCUT2D eigenvalue weighted by molar-refractivity contribution is 8.00. The van der Waals surface area contributed by atoms with Gasteiger partial charge in [-0.15, -0.1) is 11.8 Å². The molecule has 9 heteroatoms. The monoisotopic (exact) mass is 412 g/mol. The van der Waals surface area contributed by atoms with Crippen molar-refractivity contribution in [2.45, 2.75) is 11.1 Å². The van der Waals surface area contributed by atoms with Crippen LogP contribution in [0.25, 0.3) is 0 Å². The maximum absolute atomic E-state index is 13.0. The summed E-state index contributed by atoms with van der Waals surface area (Å²) < 4.78 is 49.9. The topological polar surface area (TPSA) is 50.8 Å². The minimum atomic E-state index is -4.48. The molecule has 0 spiro atoms. The molecule has 0 bridgehead atoms. The number of amides is 1. The van der Waals surface area contributed by atoms with Crippen molar-refractivity contribution in [1.82, 2.24) is 0 Å². The van der Waals surface area contributed by atoms with Crippen molar-refractivity contribution in [3.63, 3.8) is 0 Å². The summed E-state index contributed by atoms with van der Waals surface area (Å²) in [7, 11) is 3.39. The van der Waals surface area contributed by atoms with Crippen molar-refractivity contribution in [2.24, 2.45) is 0 Å². The number of ether oxygens (including phenoxy) is 2. The van der Waals surface area contributed by atoms with Crippen molar-refractivity contribution < 1.29 is 27.4 Å². The maximum Gasteiger partial charge on any atom is 0.416 e. The van der Waals surface area contributed by atoms with E-state index in [1.165, 1.54) is 17.8 Å². The number of hydrogen-bond donors (Lipinski definition) is 1. The highest BCUT2D eigenvalue weighted by atomic mass is 32.2. The number of benzene rings is 2. The van der Waals surface area contributed by atoms with Gasteiger partial charge in [0.25, 0.3) is 0 Å². The van der Waals surface area contributed by atoms with E-state index < -0.39 is 17.6 Å². The standard InChI is InChI=1S/C19H19F3N2O3S/c1-24(2)15-5-3-12(19(20,21)22)9-14(15)23-18(25)11-28-13-4-6-16-17(10-13)27-8-7-26-16/h3-6,9-10H,7-8,11H2,1-2H3,(H,23,25). The Morgan fingerprint density at radius 3 is 2.50 bits per heavy atom. The van der Waals surface area contributed by atoms with Gasteiger partial charge in [0.15, 0.2) is 11.5 Å². The lowest BCUT2D eigenvalue weighted by Gasteiger charge is -2.20. The van der Waals surface area contributed by atoms with E-state index in [0.717, 1.165) is 17.0 Å². The van der Waals surface area contributed by atoms with Gasteiger partial charge in [-0.3, -0.25) is 4.79 Å². The summed E-state index contributed by atoms with van der Waals surface area (Å²) in [5.41, 5.74) is -0.203. The first-order valence-corrected chi connectivity index (χ1v) is 9.43. The number of nitrogens with one attached hydrogen (secondary N) is 1. The van der Waals surface area contributed by atoms with E-state index in [-0.39, 0.29) is 11.4 Å². The van der Waals surface area contributed by atoms with Crippen LogP contribution < -0.4 is 19.7 Å². The smallest absolute Gasteiger partial charge is 0.416 e. The number of thioether (sulfide) groups is 1. The second kappa shape index (κ2) is 8.22. The fraction of sp³-hybridized carbons (Fsp3) is 0.316. The zero-order valence-corrected chi connectivity index (χ0v) is 16.1. The van der Waals surface area contributed by atoms with Crippen LogP contribution in [0.2, 0.25) is 0 Å². The molecule has 1 aliphatic heterocycles. The molecule has 0 atom stereocenters. The van der Waals surface area contributed by atoms with Crippen molar-refractivity contribution in [3.05, 3.63) is 42.0 Å². The van der Waals surface area contributed by atoms with Gasteiger partial charge in [-0.25, -0.2) is 0 Å². The van der Waals surface area contributed by atoms with Gasteiger partial charge in [-0.2, -0.15) is 13.2 Å². The summed E-state index contributed by atoms with van der Waals surface area (Å²) in [4.78, 5) is 14.8. The number of nitrogens with zero attached hydrogens (tertiary/aromatic N) is 1. The van der Waals surface area contributed by atoms with Gasteiger partial charge < -0.3 is 19.7 Å². The van der Waals surface area contributed by atoms with Gasteiger partial charge >= 0.3 is 6.18 Å². The van der Waals surface area contributed by atoms with Crippen molar-refractivity contribution >= 4 is 29.0 Å². The largest absolute Gasteiger partial charge is 0.486 e. The molecule has 0 unspecified atom stereocenters. The number of anilines is 2. The molecule has 0 saturated carbocycles. The molecule has 1 aliphatic rings. The summed E-state index contributed by atoms with van der Waals surface area (Å²) in [6, 6.07) is 8.64. The molecule has 0 aromatic heterocycles. The SMILES string of the molecule is CN(C)c1ccc(C(F)(F)F)cc1NC(=O)CSc1ccc2c(c1)OCCO2. The Bertz CT molecular complexity index is 872. The molecular weight excluding hydrogens is 393 g/mol. The molecule has 2 aromatic rings. The van der Waals surface area contributed by atoms with E-state index in [2.05, 4.69) is 5.32 Å². The van der Waals surface area contributed by atoms with E-state index in [1.807, 2.05) is 0 Å². The first-order valence-electron chi connectivity index (χ1n) is 8.45. The van der Waals surface area contributed by atoms with Gasteiger partial charge in [-0.1, -0.05) is 0 Å². The van der Waals surface area contributed by atoms with Crippen molar-refractivity contribution in [3.8, 4) is 11.5 Å². The van der Waals surface area contributed by atoms with E-state index in [4.69, 9.17) is 9.47 Å². The molecule has 150 valence electrons. The maximum atomic E-state index is 13.0. The molecule has 1 amide bonds. The van der Waals surface area contributed by atoms with Gasteiger partial charge in [-0.05, 0) is 36.4 Å². The molecule has 3 rings (SSSR count). The molecule has 0 fully saturated rings. The van der Waals surface area contributed by atoms with Gasteiger partial charge in [0, 0.05) is 19.0 Å². The number of carbonyl (C=O) groups is 1. The van der Waals surface area contributed by atoms with Crippen LogP contribution in [-0.4, -0.2) is 39.0 Å². The fourth-order valence-corrected chi connectivity index (χ4v) is 3.38. The molecule has 0 aliphatic carbocycles. The third-order valence-electron chi connectivity index (χ3n) is 3.96. The van der Waals surface area contributed by atoms with Gasteiger partial charge in [0.1, 0.15) is 13.2 Å². The second-order valence-corrected chi connectivity index (χ2v) is 7.32. The number of hydrogen-bond acceptors (Lipinski definition) is 5. The highest BCUT2D eigenvalue weighted by Gasteiger charge is 2.31. The number of fused-ring (bicyclic) bond motifs is 1. The molecular formula is C19H19F3N2O3S. The van der Waals surface area contributed by atoms with Crippen LogP contribution in [-0.2, 0) is 11.0 Å². The predicted molar refractivity (Wildman–Crippen MR) is 103 cm³/mol. The Hall–Kier alpha value is -2.55. The number of alkyl halides is 3. The fourth-order valence-electron chi connectivity index (χ4n) is 2.65. The second-order valence-electron chi connectivity index (χ2n) is 6.27. The Morgan fingerprint density at radius 2 is 1.82 bits per heavy atom. The first-order chi connectivity index (χ1) is 13.2. The minimum absolute atomic E-state index is 0.0444. The highest BCUT2D eigenvalue weighted by Crippen LogP contribution is 2.36. The van der Waals surface area contributed by atoms with Crippen molar-refractivity contribution in [2.75, 3.05) is 43.3 Å². The Balaban J connectivity index is 1.69. The van der Waals surface area contributed by atoms with E-state index in [9.17, 15) is 18.0 Å². The summed E-state index contributed by atoms with van der Waals surface area (Å²) in [5, 5.41) is 2.58. The zero-order valence-electron chi connectivity index (χ0n) is 15.3. The van der Waals surface area contributed by atoms with Crippen molar-refractivity contribution in [1.29, 1.82) is 0 Å². The molecule has 0 radical (unpaired) electrons.